The van der Waals surface area contributed by atoms with Gasteiger partial charge in [0, 0.05) is 30.7 Å². The minimum Gasteiger partial charge on any atom is -0.334 e. The molecule has 1 aromatic heterocycles. The molecule has 0 saturated carbocycles. The van der Waals surface area contributed by atoms with Crippen LogP contribution in [0.15, 0.2) is 36.8 Å². The maximum Gasteiger partial charge on any atom is 0.274 e. The van der Waals surface area contributed by atoms with E-state index in [1.165, 1.54) is 11.1 Å². The van der Waals surface area contributed by atoms with Crippen molar-refractivity contribution in [2.24, 2.45) is 0 Å². The minimum absolute atomic E-state index is 0.0477. The van der Waals surface area contributed by atoms with E-state index >= 15 is 0 Å². The summed E-state index contributed by atoms with van der Waals surface area (Å²) in [4.78, 5) is 19.0. The molecule has 1 saturated heterocycles. The molecule has 4 heteroatoms. The molecule has 122 valence electrons. The van der Waals surface area contributed by atoms with E-state index in [2.05, 4.69) is 56.9 Å². The monoisotopic (exact) mass is 311 g/mol. The molecule has 1 amide bonds. The van der Waals surface area contributed by atoms with E-state index in [9.17, 15) is 4.79 Å². The van der Waals surface area contributed by atoms with Crippen molar-refractivity contribution in [3.05, 3.63) is 53.6 Å². The molecule has 1 aromatic carbocycles. The van der Waals surface area contributed by atoms with Gasteiger partial charge in [-0.2, -0.15) is 0 Å². The molecule has 2 aromatic rings. The molecule has 3 rings (SSSR count). The van der Waals surface area contributed by atoms with Crippen LogP contribution >= 0.6 is 0 Å². The number of imidazole rings is 1. The molecule has 1 fully saturated rings. The van der Waals surface area contributed by atoms with Gasteiger partial charge in [0.1, 0.15) is 5.69 Å². The van der Waals surface area contributed by atoms with Crippen LogP contribution in [0.2, 0.25) is 0 Å². The second-order valence-corrected chi connectivity index (χ2v) is 6.95. The normalized spacial score (nSPS) is 21.2. The standard InChI is InChI=1S/C19H25N3O/c1-13(2)21-11-18(20-12-21)19(23)22-10-17(9-15(22)4)16-7-5-14(3)6-8-16/h5-8,11-13,15,17H,9-10H2,1-4H3/t15-,17-/m1/s1. The highest BCUT2D eigenvalue weighted by molar-refractivity contribution is 5.92. The minimum atomic E-state index is 0.0477. The van der Waals surface area contributed by atoms with E-state index in [1.54, 1.807) is 6.33 Å². The Kier molecular flexibility index (Phi) is 4.24. The summed E-state index contributed by atoms with van der Waals surface area (Å²) in [6, 6.07) is 9.24. The van der Waals surface area contributed by atoms with Crippen molar-refractivity contribution in [2.75, 3.05) is 6.54 Å². The number of aryl methyl sites for hydroxylation is 1. The molecule has 4 nitrogen and oxygen atoms in total. The molecule has 1 aliphatic heterocycles. The summed E-state index contributed by atoms with van der Waals surface area (Å²) in [5.74, 6) is 0.466. The third kappa shape index (κ3) is 3.16. The van der Waals surface area contributed by atoms with Gasteiger partial charge in [-0.05, 0) is 39.7 Å². The Bertz CT molecular complexity index is 687. The smallest absolute Gasteiger partial charge is 0.274 e. The van der Waals surface area contributed by atoms with E-state index in [-0.39, 0.29) is 11.9 Å². The van der Waals surface area contributed by atoms with Crippen LogP contribution in [0.25, 0.3) is 0 Å². The fraction of sp³-hybridized carbons (Fsp3) is 0.474. The van der Waals surface area contributed by atoms with Gasteiger partial charge in [-0.1, -0.05) is 29.8 Å². The Hall–Kier alpha value is -2.10. The maximum atomic E-state index is 12.8. The first kappa shape index (κ1) is 15.8. The fourth-order valence-electron chi connectivity index (χ4n) is 3.27. The lowest BCUT2D eigenvalue weighted by atomic mass is 9.96. The first-order valence-electron chi connectivity index (χ1n) is 8.36. The summed E-state index contributed by atoms with van der Waals surface area (Å²) >= 11 is 0. The Morgan fingerprint density at radius 2 is 1.96 bits per heavy atom. The Labute approximate surface area is 138 Å². The van der Waals surface area contributed by atoms with Crippen molar-refractivity contribution in [3.8, 4) is 0 Å². The number of hydrogen-bond donors (Lipinski definition) is 0. The summed E-state index contributed by atoms with van der Waals surface area (Å²) in [6.45, 7) is 9.18. The zero-order valence-corrected chi connectivity index (χ0v) is 14.4. The van der Waals surface area contributed by atoms with Gasteiger partial charge in [-0.3, -0.25) is 4.79 Å². The highest BCUT2D eigenvalue weighted by atomic mass is 16.2. The molecule has 0 radical (unpaired) electrons. The van der Waals surface area contributed by atoms with Gasteiger partial charge in [0.15, 0.2) is 0 Å². The van der Waals surface area contributed by atoms with E-state index in [4.69, 9.17) is 0 Å². The predicted molar refractivity (Wildman–Crippen MR) is 91.6 cm³/mol. The highest BCUT2D eigenvalue weighted by Crippen LogP contribution is 2.32. The summed E-state index contributed by atoms with van der Waals surface area (Å²) < 4.78 is 1.98. The van der Waals surface area contributed by atoms with Gasteiger partial charge in [0.25, 0.3) is 5.91 Å². The molecule has 1 aliphatic rings. The molecule has 0 aliphatic carbocycles. The van der Waals surface area contributed by atoms with Crippen LogP contribution in [0, 0.1) is 6.92 Å². The number of rotatable bonds is 3. The number of aromatic nitrogens is 2. The number of nitrogens with zero attached hydrogens (tertiary/aromatic N) is 3. The lowest BCUT2D eigenvalue weighted by Gasteiger charge is -2.20. The molecule has 2 atom stereocenters. The second-order valence-electron chi connectivity index (χ2n) is 6.95. The average molecular weight is 311 g/mol. The summed E-state index contributed by atoms with van der Waals surface area (Å²) in [5, 5.41) is 0. The fourth-order valence-corrected chi connectivity index (χ4v) is 3.27. The number of carbonyl (C=O) groups excluding carboxylic acids is 1. The first-order chi connectivity index (χ1) is 11.0. The van der Waals surface area contributed by atoms with Crippen LogP contribution in [0.3, 0.4) is 0 Å². The molecular formula is C19H25N3O. The number of carbonyl (C=O) groups is 1. The molecule has 0 N–H and O–H groups in total. The van der Waals surface area contributed by atoms with Crippen molar-refractivity contribution < 1.29 is 4.79 Å². The number of likely N-dealkylation sites (tertiary alicyclic amines) is 1. The van der Waals surface area contributed by atoms with Crippen LogP contribution < -0.4 is 0 Å². The molecule has 0 bridgehead atoms. The SMILES string of the molecule is Cc1ccc([C@@H]2C[C@@H](C)N(C(=O)c3cn(C(C)C)cn3)C2)cc1. The second kappa shape index (κ2) is 6.19. The number of amides is 1. The van der Waals surface area contributed by atoms with Crippen molar-refractivity contribution in [1.29, 1.82) is 0 Å². The van der Waals surface area contributed by atoms with E-state index in [1.807, 2.05) is 15.7 Å². The van der Waals surface area contributed by atoms with E-state index in [0.29, 0.717) is 17.7 Å². The van der Waals surface area contributed by atoms with E-state index in [0.717, 1.165) is 13.0 Å². The predicted octanol–water partition coefficient (Wildman–Crippen LogP) is 3.79. The molecule has 2 heterocycles. The largest absolute Gasteiger partial charge is 0.334 e. The lowest BCUT2D eigenvalue weighted by Crippen LogP contribution is -2.34. The van der Waals surface area contributed by atoms with Crippen molar-refractivity contribution >= 4 is 5.91 Å². The summed E-state index contributed by atoms with van der Waals surface area (Å²) in [6.07, 6.45) is 4.62. The van der Waals surface area contributed by atoms with Gasteiger partial charge in [0.2, 0.25) is 0 Å². The Morgan fingerprint density at radius 3 is 2.57 bits per heavy atom. The lowest BCUT2D eigenvalue weighted by molar-refractivity contribution is 0.0740. The maximum absolute atomic E-state index is 12.8. The van der Waals surface area contributed by atoms with Crippen LogP contribution in [-0.4, -0.2) is 32.9 Å². The van der Waals surface area contributed by atoms with Crippen LogP contribution in [0.4, 0.5) is 0 Å². The summed E-state index contributed by atoms with van der Waals surface area (Å²) in [7, 11) is 0. The third-order valence-corrected chi connectivity index (χ3v) is 4.80. The van der Waals surface area contributed by atoms with Crippen molar-refractivity contribution in [3.63, 3.8) is 0 Å². The first-order valence-corrected chi connectivity index (χ1v) is 8.36. The van der Waals surface area contributed by atoms with Gasteiger partial charge in [0.05, 0.1) is 6.33 Å². The molecule has 23 heavy (non-hydrogen) atoms. The molecule has 0 spiro atoms. The van der Waals surface area contributed by atoms with Gasteiger partial charge >= 0.3 is 0 Å². The number of hydrogen-bond acceptors (Lipinski definition) is 2. The van der Waals surface area contributed by atoms with Crippen LogP contribution in [0.5, 0.6) is 0 Å². The topological polar surface area (TPSA) is 38.1 Å². The zero-order chi connectivity index (χ0) is 16.6. The van der Waals surface area contributed by atoms with Crippen molar-refractivity contribution in [1.82, 2.24) is 14.5 Å². The van der Waals surface area contributed by atoms with Crippen LogP contribution in [0.1, 0.15) is 60.8 Å². The van der Waals surface area contributed by atoms with Gasteiger partial charge in [-0.15, -0.1) is 0 Å². The number of benzene rings is 1. The third-order valence-electron chi connectivity index (χ3n) is 4.80. The van der Waals surface area contributed by atoms with Gasteiger partial charge in [-0.25, -0.2) is 4.98 Å². The highest BCUT2D eigenvalue weighted by Gasteiger charge is 2.34. The Morgan fingerprint density at radius 1 is 1.26 bits per heavy atom. The average Bonchev–Trinajstić information content (AvgIpc) is 3.14. The molecular weight excluding hydrogens is 286 g/mol. The summed E-state index contributed by atoms with van der Waals surface area (Å²) in [5.41, 5.74) is 3.15. The molecule has 0 unspecified atom stereocenters. The van der Waals surface area contributed by atoms with Crippen molar-refractivity contribution in [2.45, 2.75) is 52.1 Å². The van der Waals surface area contributed by atoms with Crippen LogP contribution in [-0.2, 0) is 0 Å². The quantitative estimate of drug-likeness (QED) is 0.865. The van der Waals surface area contributed by atoms with Gasteiger partial charge < -0.3 is 9.47 Å². The Balaban J connectivity index is 1.75. The van der Waals surface area contributed by atoms with E-state index < -0.39 is 0 Å². The zero-order valence-electron chi connectivity index (χ0n) is 14.4.